The first-order chi connectivity index (χ1) is 13.2. The van der Waals surface area contributed by atoms with Gasteiger partial charge in [0.25, 0.3) is 0 Å². The monoisotopic (exact) mass is 358 g/mol. The Balaban J connectivity index is 1.42. The van der Waals surface area contributed by atoms with Crippen molar-refractivity contribution in [3.63, 3.8) is 0 Å². The van der Waals surface area contributed by atoms with E-state index in [1.54, 1.807) is 6.20 Å². The first-order valence-corrected chi connectivity index (χ1v) is 9.24. The maximum absolute atomic E-state index is 12.4. The molecule has 4 rings (SSSR count). The van der Waals surface area contributed by atoms with E-state index in [1.165, 1.54) is 11.1 Å². The van der Waals surface area contributed by atoms with Crippen molar-refractivity contribution < 1.29 is 4.79 Å². The quantitative estimate of drug-likeness (QED) is 0.716. The Bertz CT molecular complexity index is 953. The van der Waals surface area contributed by atoms with Crippen molar-refractivity contribution in [2.75, 3.05) is 5.32 Å². The molecular formula is C22H22N4O. The smallest absolute Gasteiger partial charge is 0.319 e. The van der Waals surface area contributed by atoms with Crippen LogP contribution in [0.4, 0.5) is 10.5 Å². The van der Waals surface area contributed by atoms with Gasteiger partial charge in [-0.05, 0) is 67.6 Å². The van der Waals surface area contributed by atoms with Crippen molar-refractivity contribution in [1.29, 1.82) is 0 Å². The number of aromatic nitrogens is 2. The minimum absolute atomic E-state index is 0.0647. The molecule has 0 bridgehead atoms. The minimum Gasteiger partial charge on any atom is -0.331 e. The number of aryl methyl sites for hydroxylation is 2. The molecule has 27 heavy (non-hydrogen) atoms. The highest BCUT2D eigenvalue weighted by Crippen LogP contribution is 2.29. The normalized spacial score (nSPS) is 15.7. The fourth-order valence-electron chi connectivity index (χ4n) is 3.52. The lowest BCUT2D eigenvalue weighted by atomic mass is 9.88. The SMILES string of the molecule is Cc1ccnc(-c2ccc(NC(=O)NC3CCCc4ccccc43)cc2)n1. The van der Waals surface area contributed by atoms with Crippen LogP contribution in [0, 0.1) is 6.92 Å². The van der Waals surface area contributed by atoms with Crippen LogP contribution < -0.4 is 10.6 Å². The van der Waals surface area contributed by atoms with E-state index >= 15 is 0 Å². The van der Waals surface area contributed by atoms with Crippen molar-refractivity contribution in [3.8, 4) is 11.4 Å². The van der Waals surface area contributed by atoms with Gasteiger partial charge in [-0.2, -0.15) is 0 Å². The molecule has 0 spiro atoms. The zero-order valence-corrected chi connectivity index (χ0v) is 15.3. The van der Waals surface area contributed by atoms with E-state index < -0.39 is 0 Å². The maximum atomic E-state index is 12.4. The Morgan fingerprint density at radius 3 is 2.70 bits per heavy atom. The molecule has 1 aliphatic carbocycles. The van der Waals surface area contributed by atoms with Crippen LogP contribution in [-0.4, -0.2) is 16.0 Å². The summed E-state index contributed by atoms with van der Waals surface area (Å²) in [5, 5.41) is 6.02. The summed E-state index contributed by atoms with van der Waals surface area (Å²) in [6.45, 7) is 1.94. The Hall–Kier alpha value is -3.21. The molecule has 0 radical (unpaired) electrons. The molecule has 1 aliphatic rings. The summed E-state index contributed by atoms with van der Waals surface area (Å²) < 4.78 is 0. The molecule has 2 aromatic carbocycles. The van der Waals surface area contributed by atoms with E-state index in [0.29, 0.717) is 5.82 Å². The van der Waals surface area contributed by atoms with Crippen molar-refractivity contribution >= 4 is 11.7 Å². The predicted molar refractivity (Wildman–Crippen MR) is 106 cm³/mol. The molecule has 1 unspecified atom stereocenters. The van der Waals surface area contributed by atoms with Crippen molar-refractivity contribution in [1.82, 2.24) is 15.3 Å². The average Bonchev–Trinajstić information content (AvgIpc) is 2.69. The van der Waals surface area contributed by atoms with E-state index in [1.807, 2.05) is 43.3 Å². The van der Waals surface area contributed by atoms with Gasteiger partial charge in [-0.1, -0.05) is 24.3 Å². The molecule has 5 nitrogen and oxygen atoms in total. The molecule has 3 aromatic rings. The molecule has 136 valence electrons. The second kappa shape index (κ2) is 7.58. The number of benzene rings is 2. The van der Waals surface area contributed by atoms with Gasteiger partial charge in [0.05, 0.1) is 6.04 Å². The number of urea groups is 1. The van der Waals surface area contributed by atoms with E-state index in [4.69, 9.17) is 0 Å². The van der Waals surface area contributed by atoms with E-state index in [-0.39, 0.29) is 12.1 Å². The third kappa shape index (κ3) is 3.97. The minimum atomic E-state index is -0.184. The van der Waals surface area contributed by atoms with Gasteiger partial charge >= 0.3 is 6.03 Å². The summed E-state index contributed by atoms with van der Waals surface area (Å²) in [6, 6.07) is 17.7. The van der Waals surface area contributed by atoms with Crippen LogP contribution >= 0.6 is 0 Å². The highest BCUT2D eigenvalue weighted by atomic mass is 16.2. The van der Waals surface area contributed by atoms with Crippen LogP contribution in [0.5, 0.6) is 0 Å². The zero-order valence-electron chi connectivity index (χ0n) is 15.3. The highest BCUT2D eigenvalue weighted by molar-refractivity contribution is 5.89. The molecule has 5 heteroatoms. The third-order valence-electron chi connectivity index (χ3n) is 4.87. The second-order valence-electron chi connectivity index (χ2n) is 6.84. The molecule has 2 N–H and O–H groups in total. The first kappa shape index (κ1) is 17.2. The maximum Gasteiger partial charge on any atom is 0.319 e. The molecule has 0 saturated heterocycles. The van der Waals surface area contributed by atoms with Gasteiger partial charge in [0, 0.05) is 23.1 Å². The zero-order chi connectivity index (χ0) is 18.6. The fraction of sp³-hybridized carbons (Fsp3) is 0.227. The standard InChI is InChI=1S/C22H22N4O/c1-15-13-14-23-21(24-15)17-9-11-18(12-10-17)25-22(27)26-20-8-4-6-16-5-2-3-7-19(16)20/h2-3,5,7,9-14,20H,4,6,8H2,1H3,(H2,25,26,27). The number of fused-ring (bicyclic) bond motifs is 1. The summed E-state index contributed by atoms with van der Waals surface area (Å²) in [5.41, 5.74) is 5.15. The Labute approximate surface area is 158 Å². The molecule has 0 fully saturated rings. The number of rotatable bonds is 3. The van der Waals surface area contributed by atoms with Crippen molar-refractivity contribution in [2.24, 2.45) is 0 Å². The summed E-state index contributed by atoms with van der Waals surface area (Å²) in [4.78, 5) is 21.2. The number of carbonyl (C=O) groups is 1. The van der Waals surface area contributed by atoms with E-state index in [2.05, 4.69) is 38.8 Å². The topological polar surface area (TPSA) is 66.9 Å². The van der Waals surface area contributed by atoms with Gasteiger partial charge in [0.1, 0.15) is 0 Å². The van der Waals surface area contributed by atoms with Crippen LogP contribution in [0.3, 0.4) is 0 Å². The highest BCUT2D eigenvalue weighted by Gasteiger charge is 2.21. The number of nitrogens with zero attached hydrogens (tertiary/aromatic N) is 2. The Morgan fingerprint density at radius 2 is 1.89 bits per heavy atom. The number of nitrogens with one attached hydrogen (secondary N) is 2. The molecule has 0 aliphatic heterocycles. The van der Waals surface area contributed by atoms with E-state index in [0.717, 1.165) is 36.2 Å². The summed E-state index contributed by atoms with van der Waals surface area (Å²) in [7, 11) is 0. The van der Waals surface area contributed by atoms with Crippen LogP contribution in [0.2, 0.25) is 0 Å². The molecular weight excluding hydrogens is 336 g/mol. The molecule has 1 atom stereocenters. The van der Waals surface area contributed by atoms with Crippen LogP contribution in [0.15, 0.2) is 60.8 Å². The van der Waals surface area contributed by atoms with Crippen molar-refractivity contribution in [2.45, 2.75) is 32.2 Å². The lowest BCUT2D eigenvalue weighted by Crippen LogP contribution is -2.34. The van der Waals surface area contributed by atoms with Crippen molar-refractivity contribution in [3.05, 3.63) is 77.6 Å². The van der Waals surface area contributed by atoms with Gasteiger partial charge in [0.15, 0.2) is 5.82 Å². The van der Waals surface area contributed by atoms with Gasteiger partial charge in [-0.15, -0.1) is 0 Å². The number of hydrogen-bond donors (Lipinski definition) is 2. The lowest BCUT2D eigenvalue weighted by molar-refractivity contribution is 0.247. The number of anilines is 1. The largest absolute Gasteiger partial charge is 0.331 e. The molecule has 1 aromatic heterocycles. The van der Waals surface area contributed by atoms with Gasteiger partial charge in [-0.3, -0.25) is 0 Å². The van der Waals surface area contributed by atoms with Gasteiger partial charge < -0.3 is 10.6 Å². The number of carbonyl (C=O) groups excluding carboxylic acids is 1. The summed E-state index contributed by atoms with van der Waals surface area (Å²) >= 11 is 0. The van der Waals surface area contributed by atoms with Crippen LogP contribution in [-0.2, 0) is 6.42 Å². The molecule has 0 saturated carbocycles. The van der Waals surface area contributed by atoms with Crippen LogP contribution in [0.25, 0.3) is 11.4 Å². The Kier molecular flexibility index (Phi) is 4.83. The first-order valence-electron chi connectivity index (χ1n) is 9.24. The average molecular weight is 358 g/mol. The summed E-state index contributed by atoms with van der Waals surface area (Å²) in [5.74, 6) is 0.685. The number of hydrogen-bond acceptors (Lipinski definition) is 3. The second-order valence-corrected chi connectivity index (χ2v) is 6.84. The third-order valence-corrected chi connectivity index (χ3v) is 4.87. The van der Waals surface area contributed by atoms with Crippen LogP contribution in [0.1, 0.15) is 35.7 Å². The number of amides is 2. The summed E-state index contributed by atoms with van der Waals surface area (Å²) in [6.07, 6.45) is 4.89. The van der Waals surface area contributed by atoms with Gasteiger partial charge in [-0.25, -0.2) is 14.8 Å². The van der Waals surface area contributed by atoms with E-state index in [9.17, 15) is 4.79 Å². The molecule has 2 amide bonds. The molecule has 1 heterocycles. The lowest BCUT2D eigenvalue weighted by Gasteiger charge is -2.26. The fourth-order valence-corrected chi connectivity index (χ4v) is 3.52. The van der Waals surface area contributed by atoms with Gasteiger partial charge in [0.2, 0.25) is 0 Å². The predicted octanol–water partition coefficient (Wildman–Crippen LogP) is 4.65. The Morgan fingerprint density at radius 1 is 1.07 bits per heavy atom.